The van der Waals surface area contributed by atoms with Crippen LogP contribution in [0.5, 0.6) is 0 Å². The second kappa shape index (κ2) is 8.66. The Kier molecular flexibility index (Phi) is 6.69. The van der Waals surface area contributed by atoms with Crippen LogP contribution in [0, 0.1) is 23.2 Å². The molecule has 2 N–H and O–H groups in total. The van der Waals surface area contributed by atoms with Gasteiger partial charge in [0.05, 0.1) is 12.2 Å². The SMILES string of the molecule is C=C1[C@H](O)CC(=C/C=C2\CCC[C@]3(C)[C@@H]([C@H](C)CCCC)CC[C@@H]23)C[C@H]1O. The van der Waals surface area contributed by atoms with Gasteiger partial charge >= 0.3 is 0 Å². The third-order valence-corrected chi connectivity index (χ3v) is 8.04. The molecule has 2 nitrogen and oxygen atoms in total. The summed E-state index contributed by atoms with van der Waals surface area (Å²) in [6.07, 6.45) is 15.3. The summed E-state index contributed by atoms with van der Waals surface area (Å²) in [5.41, 5.74) is 3.82. The molecule has 2 heteroatoms. The molecule has 0 amide bonds. The fourth-order valence-corrected chi connectivity index (χ4v) is 6.37. The van der Waals surface area contributed by atoms with Gasteiger partial charge in [-0.2, -0.15) is 0 Å². The van der Waals surface area contributed by atoms with Crippen LogP contribution in [-0.4, -0.2) is 22.4 Å². The summed E-state index contributed by atoms with van der Waals surface area (Å²) in [7, 11) is 0. The van der Waals surface area contributed by atoms with E-state index in [9.17, 15) is 10.2 Å². The molecular weight excluding hydrogens is 332 g/mol. The minimum atomic E-state index is -0.592. The van der Waals surface area contributed by atoms with Crippen molar-refractivity contribution in [3.8, 4) is 0 Å². The fraction of sp³-hybridized carbons (Fsp3) is 0.760. The van der Waals surface area contributed by atoms with E-state index in [4.69, 9.17) is 0 Å². The van der Waals surface area contributed by atoms with Crippen LogP contribution < -0.4 is 0 Å². The number of hydrogen-bond acceptors (Lipinski definition) is 2. The predicted molar refractivity (Wildman–Crippen MR) is 113 cm³/mol. The molecule has 0 aromatic rings. The molecule has 3 saturated carbocycles. The third kappa shape index (κ3) is 4.27. The van der Waals surface area contributed by atoms with Gasteiger partial charge in [-0.05, 0) is 73.7 Å². The molecule has 3 aliphatic carbocycles. The van der Waals surface area contributed by atoms with E-state index in [1.165, 1.54) is 51.4 Å². The van der Waals surface area contributed by atoms with Crippen molar-refractivity contribution in [2.45, 2.75) is 97.2 Å². The lowest BCUT2D eigenvalue weighted by Gasteiger charge is -2.44. The van der Waals surface area contributed by atoms with E-state index in [0.717, 1.165) is 23.3 Å². The van der Waals surface area contributed by atoms with Gasteiger partial charge in [-0.1, -0.05) is 69.9 Å². The number of aliphatic hydroxyl groups excluding tert-OH is 2. The number of aliphatic hydroxyl groups is 2. The second-order valence-electron chi connectivity index (χ2n) is 9.80. The molecule has 0 radical (unpaired) electrons. The van der Waals surface area contributed by atoms with Gasteiger partial charge in [0.1, 0.15) is 0 Å². The summed E-state index contributed by atoms with van der Waals surface area (Å²) in [5.74, 6) is 2.44. The molecule has 0 aromatic heterocycles. The number of rotatable bonds is 5. The highest BCUT2D eigenvalue weighted by Crippen LogP contribution is 2.59. The van der Waals surface area contributed by atoms with Crippen molar-refractivity contribution in [1.82, 2.24) is 0 Å². The highest BCUT2D eigenvalue weighted by molar-refractivity contribution is 5.29. The van der Waals surface area contributed by atoms with Gasteiger partial charge in [0.15, 0.2) is 0 Å². The van der Waals surface area contributed by atoms with Crippen LogP contribution in [0.25, 0.3) is 0 Å². The van der Waals surface area contributed by atoms with E-state index < -0.39 is 12.2 Å². The molecule has 27 heavy (non-hydrogen) atoms. The van der Waals surface area contributed by atoms with Gasteiger partial charge in [-0.25, -0.2) is 0 Å². The number of fused-ring (bicyclic) bond motifs is 1. The van der Waals surface area contributed by atoms with E-state index in [1.807, 2.05) is 0 Å². The average molecular weight is 373 g/mol. The Morgan fingerprint density at radius 1 is 1.19 bits per heavy atom. The fourth-order valence-electron chi connectivity index (χ4n) is 6.37. The maximum absolute atomic E-state index is 10.1. The smallest absolute Gasteiger partial charge is 0.0809 e. The maximum Gasteiger partial charge on any atom is 0.0809 e. The lowest BCUT2D eigenvalue weighted by Crippen LogP contribution is -2.36. The maximum atomic E-state index is 10.1. The molecule has 0 unspecified atom stereocenters. The quantitative estimate of drug-likeness (QED) is 0.585. The lowest BCUT2D eigenvalue weighted by molar-refractivity contribution is 0.0934. The molecule has 0 aromatic carbocycles. The third-order valence-electron chi connectivity index (χ3n) is 8.04. The van der Waals surface area contributed by atoms with Gasteiger partial charge in [0, 0.05) is 0 Å². The summed E-state index contributed by atoms with van der Waals surface area (Å²) in [6, 6.07) is 0. The molecule has 0 heterocycles. The normalized spacial score (nSPS) is 39.5. The first-order chi connectivity index (χ1) is 12.9. The Morgan fingerprint density at radius 2 is 1.89 bits per heavy atom. The van der Waals surface area contributed by atoms with Crippen molar-refractivity contribution in [3.63, 3.8) is 0 Å². The molecule has 3 rings (SSSR count). The van der Waals surface area contributed by atoms with Crippen LogP contribution in [0.15, 0.2) is 35.5 Å². The molecular formula is C25H40O2. The Hall–Kier alpha value is -0.860. The van der Waals surface area contributed by atoms with Gasteiger partial charge in [-0.3, -0.25) is 0 Å². The largest absolute Gasteiger partial charge is 0.388 e. The summed E-state index contributed by atoms with van der Waals surface area (Å²) in [4.78, 5) is 0. The number of unbranched alkanes of at least 4 members (excludes halogenated alkanes) is 1. The lowest BCUT2D eigenvalue weighted by atomic mass is 9.60. The zero-order valence-electron chi connectivity index (χ0n) is 17.7. The number of allylic oxidation sites excluding steroid dienone is 3. The first-order valence-corrected chi connectivity index (χ1v) is 11.3. The molecule has 3 aliphatic rings. The minimum Gasteiger partial charge on any atom is -0.388 e. The molecule has 0 bridgehead atoms. The Morgan fingerprint density at radius 3 is 2.56 bits per heavy atom. The molecule has 0 aliphatic heterocycles. The minimum absolute atomic E-state index is 0.468. The summed E-state index contributed by atoms with van der Waals surface area (Å²) in [6.45, 7) is 11.2. The molecule has 152 valence electrons. The van der Waals surface area contributed by atoms with Crippen molar-refractivity contribution in [2.24, 2.45) is 23.2 Å². The van der Waals surface area contributed by atoms with Crippen LogP contribution in [0.3, 0.4) is 0 Å². The van der Waals surface area contributed by atoms with Crippen LogP contribution >= 0.6 is 0 Å². The van der Waals surface area contributed by atoms with E-state index in [2.05, 4.69) is 39.5 Å². The van der Waals surface area contributed by atoms with E-state index in [-0.39, 0.29) is 0 Å². The Balaban J connectivity index is 1.74. The predicted octanol–water partition coefficient (Wildman–Crippen LogP) is 5.95. The molecule has 0 saturated heterocycles. The van der Waals surface area contributed by atoms with Crippen LogP contribution in [-0.2, 0) is 0 Å². The van der Waals surface area contributed by atoms with E-state index >= 15 is 0 Å². The van der Waals surface area contributed by atoms with Crippen molar-refractivity contribution in [2.75, 3.05) is 0 Å². The molecule has 3 fully saturated rings. The second-order valence-corrected chi connectivity index (χ2v) is 9.80. The zero-order valence-corrected chi connectivity index (χ0v) is 17.7. The van der Waals surface area contributed by atoms with Gasteiger partial charge in [0.2, 0.25) is 0 Å². The van der Waals surface area contributed by atoms with Crippen LogP contribution in [0.2, 0.25) is 0 Å². The molecule has 6 atom stereocenters. The van der Waals surface area contributed by atoms with Crippen molar-refractivity contribution in [1.29, 1.82) is 0 Å². The van der Waals surface area contributed by atoms with Gasteiger partial charge in [-0.15, -0.1) is 0 Å². The average Bonchev–Trinajstić information content (AvgIpc) is 2.99. The van der Waals surface area contributed by atoms with Crippen LogP contribution in [0.1, 0.15) is 85.0 Å². The van der Waals surface area contributed by atoms with Crippen molar-refractivity contribution >= 4 is 0 Å². The van der Waals surface area contributed by atoms with Crippen molar-refractivity contribution in [3.05, 3.63) is 35.5 Å². The first kappa shape index (κ1) is 20.9. The summed E-state index contributed by atoms with van der Waals surface area (Å²) < 4.78 is 0. The summed E-state index contributed by atoms with van der Waals surface area (Å²) >= 11 is 0. The highest BCUT2D eigenvalue weighted by atomic mass is 16.3. The molecule has 0 spiro atoms. The Bertz CT molecular complexity index is 585. The first-order valence-electron chi connectivity index (χ1n) is 11.3. The number of hydrogen-bond donors (Lipinski definition) is 2. The standard InChI is InChI=1S/C25H40O2/c1-5-6-8-17(2)21-12-13-22-20(9-7-14-25(21,22)4)11-10-19-15-23(26)18(3)24(27)16-19/h10-11,17,21-24,26-27H,3,5-9,12-16H2,1-2,4H3/b20-11+/t17-,21-,22+,23-,24-,25-/m1/s1. The van der Waals surface area contributed by atoms with Gasteiger partial charge in [0.25, 0.3) is 0 Å². The van der Waals surface area contributed by atoms with E-state index in [1.54, 1.807) is 5.57 Å². The van der Waals surface area contributed by atoms with E-state index in [0.29, 0.717) is 23.8 Å². The Labute approximate surface area is 166 Å². The zero-order chi connectivity index (χ0) is 19.6. The summed E-state index contributed by atoms with van der Waals surface area (Å²) in [5, 5.41) is 20.2. The monoisotopic (exact) mass is 372 g/mol. The van der Waals surface area contributed by atoms with Crippen molar-refractivity contribution < 1.29 is 10.2 Å². The topological polar surface area (TPSA) is 40.5 Å². The highest BCUT2D eigenvalue weighted by Gasteiger charge is 2.50. The van der Waals surface area contributed by atoms with Gasteiger partial charge < -0.3 is 10.2 Å². The van der Waals surface area contributed by atoms with Crippen LogP contribution in [0.4, 0.5) is 0 Å².